The Balaban J connectivity index is 2.23. The molecule has 1 saturated carbocycles. The van der Waals surface area contributed by atoms with Crippen LogP contribution >= 0.6 is 11.6 Å². The number of rotatable bonds is 3. The lowest BCUT2D eigenvalue weighted by Crippen LogP contribution is -2.29. The van der Waals surface area contributed by atoms with E-state index in [1.165, 1.54) is 12.5 Å². The summed E-state index contributed by atoms with van der Waals surface area (Å²) in [4.78, 5) is 0. The van der Waals surface area contributed by atoms with Crippen molar-refractivity contribution in [1.29, 1.82) is 5.26 Å². The predicted octanol–water partition coefficient (Wildman–Crippen LogP) is 5.13. The number of hydrogen-bond donors (Lipinski definition) is 0. The van der Waals surface area contributed by atoms with E-state index >= 15 is 0 Å². The van der Waals surface area contributed by atoms with Crippen molar-refractivity contribution >= 4 is 11.6 Å². The lowest BCUT2D eigenvalue weighted by molar-refractivity contribution is 0.192. The molecule has 1 nitrogen and oxygen atoms in total. The first-order valence-corrected chi connectivity index (χ1v) is 7.31. The largest absolute Gasteiger partial charge is 0.207 e. The summed E-state index contributed by atoms with van der Waals surface area (Å²) >= 11 is 5.93. The molecule has 0 aliphatic heterocycles. The van der Waals surface area contributed by atoms with Crippen LogP contribution in [0.3, 0.4) is 0 Å². The Hall–Kier alpha value is -1.07. The van der Waals surface area contributed by atoms with Crippen LogP contribution in [0.2, 0.25) is 5.02 Å². The van der Waals surface area contributed by atoms with E-state index in [2.05, 4.69) is 13.0 Å². The SMILES string of the molecule is CCC1CCCC(C#N)(Cc2cc(Cl)ccc2F)C1. The monoisotopic (exact) mass is 279 g/mol. The molecule has 0 amide bonds. The van der Waals surface area contributed by atoms with E-state index < -0.39 is 5.41 Å². The second kappa shape index (κ2) is 5.92. The predicted molar refractivity (Wildman–Crippen MR) is 75.4 cm³/mol. The van der Waals surface area contributed by atoms with Gasteiger partial charge in [-0.3, -0.25) is 0 Å². The summed E-state index contributed by atoms with van der Waals surface area (Å²) in [7, 11) is 0. The minimum atomic E-state index is -0.412. The molecule has 1 fully saturated rings. The molecule has 2 unspecified atom stereocenters. The summed E-state index contributed by atoms with van der Waals surface area (Å²) in [6.07, 6.45) is 5.58. The highest BCUT2D eigenvalue weighted by molar-refractivity contribution is 6.30. The van der Waals surface area contributed by atoms with E-state index in [1.54, 1.807) is 12.1 Å². The fraction of sp³-hybridized carbons (Fsp3) is 0.562. The van der Waals surface area contributed by atoms with Crippen LogP contribution in [0.4, 0.5) is 4.39 Å². The minimum absolute atomic E-state index is 0.252. The van der Waals surface area contributed by atoms with E-state index in [4.69, 9.17) is 11.6 Å². The van der Waals surface area contributed by atoms with Crippen molar-refractivity contribution < 1.29 is 4.39 Å². The van der Waals surface area contributed by atoms with Gasteiger partial charge in [0.1, 0.15) is 5.82 Å². The van der Waals surface area contributed by atoms with E-state index in [1.807, 2.05) is 0 Å². The summed E-state index contributed by atoms with van der Waals surface area (Å²) in [5, 5.41) is 10.1. The highest BCUT2D eigenvalue weighted by Gasteiger charge is 2.36. The van der Waals surface area contributed by atoms with Crippen molar-refractivity contribution in [2.75, 3.05) is 0 Å². The van der Waals surface area contributed by atoms with Crippen LogP contribution in [0.25, 0.3) is 0 Å². The number of nitrogens with zero attached hydrogens (tertiary/aromatic N) is 1. The zero-order chi connectivity index (χ0) is 13.9. The van der Waals surface area contributed by atoms with Gasteiger partial charge in [0.05, 0.1) is 11.5 Å². The van der Waals surface area contributed by atoms with Crippen LogP contribution in [-0.2, 0) is 6.42 Å². The molecule has 0 spiro atoms. The van der Waals surface area contributed by atoms with Crippen LogP contribution in [0.1, 0.15) is 44.6 Å². The van der Waals surface area contributed by atoms with Crippen molar-refractivity contribution in [3.63, 3.8) is 0 Å². The van der Waals surface area contributed by atoms with Gasteiger partial charge in [-0.25, -0.2) is 4.39 Å². The van der Waals surface area contributed by atoms with Crippen LogP contribution < -0.4 is 0 Å². The van der Waals surface area contributed by atoms with Crippen molar-refractivity contribution in [3.8, 4) is 6.07 Å². The fourth-order valence-corrected chi connectivity index (χ4v) is 3.37. The van der Waals surface area contributed by atoms with Gasteiger partial charge in [0.2, 0.25) is 0 Å². The smallest absolute Gasteiger partial charge is 0.126 e. The first kappa shape index (κ1) is 14.3. The number of nitriles is 1. The van der Waals surface area contributed by atoms with E-state index in [-0.39, 0.29) is 5.82 Å². The maximum Gasteiger partial charge on any atom is 0.126 e. The molecule has 0 aromatic heterocycles. The zero-order valence-corrected chi connectivity index (χ0v) is 12.0. The van der Waals surface area contributed by atoms with Gasteiger partial charge in [-0.1, -0.05) is 37.8 Å². The molecule has 0 heterocycles. The molecule has 19 heavy (non-hydrogen) atoms. The molecular formula is C16H19ClFN. The molecule has 1 aromatic rings. The third-order valence-electron chi connectivity index (χ3n) is 4.30. The number of hydrogen-bond acceptors (Lipinski definition) is 1. The molecule has 0 N–H and O–H groups in total. The summed E-state index contributed by atoms with van der Waals surface area (Å²) in [5.41, 5.74) is 0.163. The first-order valence-electron chi connectivity index (χ1n) is 6.94. The Morgan fingerprint density at radius 2 is 2.32 bits per heavy atom. The van der Waals surface area contributed by atoms with Gasteiger partial charge in [0.25, 0.3) is 0 Å². The van der Waals surface area contributed by atoms with Crippen molar-refractivity contribution in [3.05, 3.63) is 34.6 Å². The van der Waals surface area contributed by atoms with Gasteiger partial charge in [0.15, 0.2) is 0 Å². The van der Waals surface area contributed by atoms with Crippen LogP contribution in [0.15, 0.2) is 18.2 Å². The Labute approximate surface area is 119 Å². The molecule has 2 atom stereocenters. The Morgan fingerprint density at radius 1 is 1.53 bits per heavy atom. The Kier molecular flexibility index (Phi) is 4.47. The zero-order valence-electron chi connectivity index (χ0n) is 11.3. The minimum Gasteiger partial charge on any atom is -0.207 e. The van der Waals surface area contributed by atoms with Crippen molar-refractivity contribution in [1.82, 2.24) is 0 Å². The average Bonchev–Trinajstić information content (AvgIpc) is 2.43. The maximum absolute atomic E-state index is 13.8. The molecule has 2 rings (SSSR count). The van der Waals surface area contributed by atoms with Gasteiger partial charge in [-0.05, 0) is 48.9 Å². The quantitative estimate of drug-likeness (QED) is 0.752. The summed E-state index contributed by atoms with van der Waals surface area (Å²) < 4.78 is 13.8. The molecule has 3 heteroatoms. The van der Waals surface area contributed by atoms with Crippen LogP contribution in [0.5, 0.6) is 0 Å². The molecule has 1 aliphatic rings. The van der Waals surface area contributed by atoms with Gasteiger partial charge >= 0.3 is 0 Å². The Morgan fingerprint density at radius 3 is 3.00 bits per heavy atom. The van der Waals surface area contributed by atoms with Crippen molar-refractivity contribution in [2.45, 2.75) is 45.4 Å². The standard InChI is InChI=1S/C16H19ClFN/c1-2-12-4-3-7-16(9-12,11-19)10-13-8-14(17)5-6-15(13)18/h5-6,8,12H,2-4,7,9-10H2,1H3. The van der Waals surface area contributed by atoms with E-state index in [0.29, 0.717) is 22.9 Å². The van der Waals surface area contributed by atoms with Crippen molar-refractivity contribution in [2.24, 2.45) is 11.3 Å². The third-order valence-corrected chi connectivity index (χ3v) is 4.53. The van der Waals surface area contributed by atoms with Crippen LogP contribution in [-0.4, -0.2) is 0 Å². The normalized spacial score (nSPS) is 26.9. The second-order valence-electron chi connectivity index (χ2n) is 5.68. The topological polar surface area (TPSA) is 23.8 Å². The molecule has 1 aromatic carbocycles. The Bertz CT molecular complexity index is 494. The summed E-state index contributed by atoms with van der Waals surface area (Å²) in [5.74, 6) is 0.341. The van der Waals surface area contributed by atoms with E-state index in [9.17, 15) is 9.65 Å². The molecule has 102 valence electrons. The highest BCUT2D eigenvalue weighted by Crippen LogP contribution is 2.43. The van der Waals surface area contributed by atoms with E-state index in [0.717, 1.165) is 25.7 Å². The molecule has 1 aliphatic carbocycles. The van der Waals surface area contributed by atoms with Gasteiger partial charge in [-0.15, -0.1) is 0 Å². The number of benzene rings is 1. The first-order chi connectivity index (χ1) is 9.08. The lowest BCUT2D eigenvalue weighted by atomic mass is 9.67. The van der Waals surface area contributed by atoms with Gasteiger partial charge in [-0.2, -0.15) is 5.26 Å². The fourth-order valence-electron chi connectivity index (χ4n) is 3.18. The average molecular weight is 280 g/mol. The second-order valence-corrected chi connectivity index (χ2v) is 6.11. The lowest BCUT2D eigenvalue weighted by Gasteiger charge is -2.35. The molecular weight excluding hydrogens is 261 g/mol. The molecule has 0 saturated heterocycles. The van der Waals surface area contributed by atoms with Gasteiger partial charge < -0.3 is 0 Å². The summed E-state index contributed by atoms with van der Waals surface area (Å²) in [6, 6.07) is 7.07. The van der Waals surface area contributed by atoms with Crippen LogP contribution in [0, 0.1) is 28.5 Å². The molecule has 0 radical (unpaired) electrons. The third kappa shape index (κ3) is 3.28. The molecule has 0 bridgehead atoms. The van der Waals surface area contributed by atoms with Gasteiger partial charge in [0, 0.05) is 5.02 Å². The highest BCUT2D eigenvalue weighted by atomic mass is 35.5. The summed E-state index contributed by atoms with van der Waals surface area (Å²) in [6.45, 7) is 2.16. The number of halogens is 2. The maximum atomic E-state index is 13.8.